The number of carboxylic acids is 1. The van der Waals surface area contributed by atoms with E-state index in [0.717, 1.165) is 6.42 Å². The van der Waals surface area contributed by atoms with Gasteiger partial charge in [0.15, 0.2) is 0 Å². The molecule has 0 spiro atoms. The van der Waals surface area contributed by atoms with Gasteiger partial charge in [-0.25, -0.2) is 4.79 Å². The number of anilines is 1. The minimum absolute atomic E-state index is 0.00780. The molecule has 0 aliphatic heterocycles. The average Bonchev–Trinajstić information content (AvgIpc) is 2.28. The Morgan fingerprint density at radius 1 is 1.35 bits per heavy atom. The van der Waals surface area contributed by atoms with Gasteiger partial charge in [0.05, 0.1) is 12.2 Å². The van der Waals surface area contributed by atoms with Crippen LogP contribution in [0.3, 0.4) is 0 Å². The highest BCUT2D eigenvalue weighted by Gasteiger charge is 2.14. The van der Waals surface area contributed by atoms with Crippen molar-refractivity contribution in [3.8, 4) is 0 Å². The van der Waals surface area contributed by atoms with E-state index in [1.165, 1.54) is 0 Å². The van der Waals surface area contributed by atoms with E-state index in [9.17, 15) is 9.90 Å². The van der Waals surface area contributed by atoms with Crippen LogP contribution >= 0.6 is 0 Å². The molecular weight excluding hydrogens is 218 g/mol. The van der Waals surface area contributed by atoms with Crippen molar-refractivity contribution in [2.24, 2.45) is 5.92 Å². The topological polar surface area (TPSA) is 69.6 Å². The van der Waals surface area contributed by atoms with E-state index in [4.69, 9.17) is 5.11 Å². The van der Waals surface area contributed by atoms with Crippen LogP contribution in [0.2, 0.25) is 0 Å². The Balaban J connectivity index is 2.82. The summed E-state index contributed by atoms with van der Waals surface area (Å²) >= 11 is 0. The number of rotatable bonds is 6. The molecule has 3 N–H and O–H groups in total. The van der Waals surface area contributed by atoms with Crippen molar-refractivity contribution in [1.29, 1.82) is 0 Å². The zero-order valence-electron chi connectivity index (χ0n) is 10.2. The summed E-state index contributed by atoms with van der Waals surface area (Å²) in [6.45, 7) is 4.12. The van der Waals surface area contributed by atoms with E-state index in [1.807, 2.05) is 0 Å². The minimum atomic E-state index is -0.964. The molecule has 1 atom stereocenters. The van der Waals surface area contributed by atoms with E-state index in [-0.39, 0.29) is 18.2 Å². The lowest BCUT2D eigenvalue weighted by Gasteiger charge is -2.20. The van der Waals surface area contributed by atoms with Gasteiger partial charge in [-0.15, -0.1) is 0 Å². The maximum absolute atomic E-state index is 11.0. The Labute approximate surface area is 101 Å². The molecule has 0 radical (unpaired) electrons. The van der Waals surface area contributed by atoms with Crippen LogP contribution in [-0.4, -0.2) is 28.8 Å². The number of aliphatic hydroxyl groups is 1. The van der Waals surface area contributed by atoms with E-state index in [1.54, 1.807) is 24.3 Å². The molecule has 0 saturated heterocycles. The Morgan fingerprint density at radius 2 is 2.00 bits per heavy atom. The zero-order chi connectivity index (χ0) is 12.8. The summed E-state index contributed by atoms with van der Waals surface area (Å²) in [4.78, 5) is 11.0. The number of carbonyl (C=O) groups is 1. The zero-order valence-corrected chi connectivity index (χ0v) is 10.2. The summed E-state index contributed by atoms with van der Waals surface area (Å²) in [5.74, 6) is -0.522. The standard InChI is InChI=1S/C13H19NO3/c1-9(2)7-10(8-15)14-12-6-4-3-5-11(12)13(16)17/h3-6,9-10,14-15H,7-8H2,1-2H3,(H,16,17). The highest BCUT2D eigenvalue weighted by atomic mass is 16.4. The molecule has 0 heterocycles. The Kier molecular flexibility index (Phi) is 4.97. The fraction of sp³-hybridized carbons (Fsp3) is 0.462. The largest absolute Gasteiger partial charge is 0.478 e. The number of hydrogen-bond acceptors (Lipinski definition) is 3. The van der Waals surface area contributed by atoms with Gasteiger partial charge < -0.3 is 15.5 Å². The monoisotopic (exact) mass is 237 g/mol. The third-order valence-corrected chi connectivity index (χ3v) is 2.49. The van der Waals surface area contributed by atoms with Gasteiger partial charge in [-0.2, -0.15) is 0 Å². The maximum atomic E-state index is 11.0. The van der Waals surface area contributed by atoms with Crippen LogP contribution in [0, 0.1) is 5.92 Å². The molecule has 0 fully saturated rings. The van der Waals surface area contributed by atoms with Gasteiger partial charge in [0.2, 0.25) is 0 Å². The molecule has 1 aromatic carbocycles. The Bertz CT molecular complexity index is 377. The Hall–Kier alpha value is -1.55. The van der Waals surface area contributed by atoms with E-state index in [2.05, 4.69) is 19.2 Å². The van der Waals surface area contributed by atoms with Crippen LogP contribution < -0.4 is 5.32 Å². The first-order chi connectivity index (χ1) is 8.04. The quantitative estimate of drug-likeness (QED) is 0.709. The summed E-state index contributed by atoms with van der Waals surface area (Å²) < 4.78 is 0. The van der Waals surface area contributed by atoms with Gasteiger partial charge >= 0.3 is 5.97 Å². The summed E-state index contributed by atoms with van der Waals surface area (Å²) in [7, 11) is 0. The third kappa shape index (κ3) is 4.07. The first kappa shape index (κ1) is 13.5. The van der Waals surface area contributed by atoms with E-state index in [0.29, 0.717) is 11.6 Å². The summed E-state index contributed by atoms with van der Waals surface area (Å²) in [5, 5.41) is 21.4. The number of aromatic carboxylic acids is 1. The van der Waals surface area contributed by atoms with Crippen molar-refractivity contribution in [1.82, 2.24) is 0 Å². The molecule has 0 saturated carbocycles. The van der Waals surface area contributed by atoms with Crippen molar-refractivity contribution >= 4 is 11.7 Å². The molecule has 0 aliphatic rings. The van der Waals surface area contributed by atoms with Crippen LogP contribution in [0.4, 0.5) is 5.69 Å². The number of nitrogens with one attached hydrogen (secondary N) is 1. The molecule has 0 aliphatic carbocycles. The number of hydrogen-bond donors (Lipinski definition) is 3. The summed E-state index contributed by atoms with van der Waals surface area (Å²) in [6, 6.07) is 6.61. The predicted molar refractivity (Wildman–Crippen MR) is 67.4 cm³/mol. The van der Waals surface area contributed by atoms with Gasteiger partial charge in [0.25, 0.3) is 0 Å². The fourth-order valence-corrected chi connectivity index (χ4v) is 1.76. The number of aliphatic hydroxyl groups excluding tert-OH is 1. The molecule has 0 aromatic heterocycles. The summed E-state index contributed by atoms with van der Waals surface area (Å²) in [5.41, 5.74) is 0.786. The Morgan fingerprint density at radius 3 is 2.53 bits per heavy atom. The normalized spacial score (nSPS) is 12.5. The van der Waals surface area contributed by atoms with E-state index >= 15 is 0 Å². The highest BCUT2D eigenvalue weighted by molar-refractivity contribution is 5.94. The van der Waals surface area contributed by atoms with Crippen molar-refractivity contribution in [2.45, 2.75) is 26.3 Å². The second kappa shape index (κ2) is 6.25. The summed E-state index contributed by atoms with van der Waals surface area (Å²) in [6.07, 6.45) is 0.796. The highest BCUT2D eigenvalue weighted by Crippen LogP contribution is 2.18. The van der Waals surface area contributed by atoms with Crippen LogP contribution in [0.15, 0.2) is 24.3 Å². The first-order valence-corrected chi connectivity index (χ1v) is 5.74. The molecular formula is C13H19NO3. The molecule has 1 rings (SSSR count). The molecule has 0 bridgehead atoms. The lowest BCUT2D eigenvalue weighted by atomic mass is 10.0. The van der Waals surface area contributed by atoms with Gasteiger partial charge in [-0.1, -0.05) is 26.0 Å². The molecule has 4 heteroatoms. The maximum Gasteiger partial charge on any atom is 0.337 e. The lowest BCUT2D eigenvalue weighted by Crippen LogP contribution is -2.26. The van der Waals surface area contributed by atoms with Gasteiger partial charge in [0.1, 0.15) is 0 Å². The molecule has 1 unspecified atom stereocenters. The minimum Gasteiger partial charge on any atom is -0.478 e. The number of benzene rings is 1. The SMILES string of the molecule is CC(C)CC(CO)Nc1ccccc1C(=O)O. The van der Waals surface area contributed by atoms with Crippen molar-refractivity contribution in [2.75, 3.05) is 11.9 Å². The van der Waals surface area contributed by atoms with Crippen molar-refractivity contribution < 1.29 is 15.0 Å². The number of carboxylic acid groups (broad SMARTS) is 1. The molecule has 0 amide bonds. The predicted octanol–water partition coefficient (Wildman–Crippen LogP) is 2.20. The van der Waals surface area contributed by atoms with Gasteiger partial charge in [0, 0.05) is 11.7 Å². The van der Waals surface area contributed by atoms with Crippen LogP contribution in [0.5, 0.6) is 0 Å². The second-order valence-electron chi connectivity index (χ2n) is 4.50. The van der Waals surface area contributed by atoms with Crippen LogP contribution in [0.25, 0.3) is 0 Å². The van der Waals surface area contributed by atoms with E-state index < -0.39 is 5.97 Å². The lowest BCUT2D eigenvalue weighted by molar-refractivity contribution is 0.0698. The smallest absolute Gasteiger partial charge is 0.337 e. The molecule has 1 aromatic rings. The molecule has 94 valence electrons. The molecule has 17 heavy (non-hydrogen) atoms. The van der Waals surface area contributed by atoms with Gasteiger partial charge in [-0.05, 0) is 24.5 Å². The van der Waals surface area contributed by atoms with Crippen molar-refractivity contribution in [3.05, 3.63) is 29.8 Å². The first-order valence-electron chi connectivity index (χ1n) is 5.74. The van der Waals surface area contributed by atoms with Crippen LogP contribution in [0.1, 0.15) is 30.6 Å². The third-order valence-electron chi connectivity index (χ3n) is 2.49. The van der Waals surface area contributed by atoms with Gasteiger partial charge in [-0.3, -0.25) is 0 Å². The van der Waals surface area contributed by atoms with Crippen LogP contribution in [-0.2, 0) is 0 Å². The molecule has 4 nitrogen and oxygen atoms in total. The van der Waals surface area contributed by atoms with Crippen molar-refractivity contribution in [3.63, 3.8) is 0 Å². The number of para-hydroxylation sites is 1. The second-order valence-corrected chi connectivity index (χ2v) is 4.50. The average molecular weight is 237 g/mol. The fourth-order valence-electron chi connectivity index (χ4n) is 1.76.